The molecule has 0 bridgehead atoms. The van der Waals surface area contributed by atoms with Gasteiger partial charge >= 0.3 is 6.09 Å². The van der Waals surface area contributed by atoms with Crippen molar-refractivity contribution in [3.05, 3.63) is 71.5 Å². The third-order valence-electron chi connectivity index (χ3n) is 5.97. The number of anilines is 1. The van der Waals surface area contributed by atoms with E-state index >= 15 is 0 Å². The van der Waals surface area contributed by atoms with Crippen LogP contribution in [0.3, 0.4) is 0 Å². The molecule has 2 heterocycles. The molecule has 1 N–H and O–H groups in total. The van der Waals surface area contributed by atoms with Gasteiger partial charge in [0.05, 0.1) is 22.5 Å². The van der Waals surface area contributed by atoms with Crippen LogP contribution in [-0.4, -0.2) is 63.8 Å². The van der Waals surface area contributed by atoms with Gasteiger partial charge in [-0.3, -0.25) is 0 Å². The van der Waals surface area contributed by atoms with E-state index in [0.29, 0.717) is 24.5 Å². The van der Waals surface area contributed by atoms with E-state index in [1.54, 1.807) is 7.05 Å². The number of fused-ring (bicyclic) bond motifs is 1. The first-order valence-corrected chi connectivity index (χ1v) is 11.4. The predicted molar refractivity (Wildman–Crippen MR) is 136 cm³/mol. The maximum absolute atomic E-state index is 11.3. The standard InChI is InChI=1S/C26H30N6O3/c1-17-23-18(2)32(29-24(23)25(28-27-17)30(3)4)20-12-9-13-21(16-20)35-22(14-15-31(5)26(33)34)19-10-7-6-8-11-19/h6-13,16,22H,14-15H2,1-5H3,(H,33,34). The topological polar surface area (TPSA) is 96.6 Å². The van der Waals surface area contributed by atoms with E-state index in [2.05, 4.69) is 10.2 Å². The molecule has 0 spiro atoms. The van der Waals surface area contributed by atoms with Crippen LogP contribution in [0.2, 0.25) is 0 Å². The molecule has 0 aliphatic rings. The van der Waals surface area contributed by atoms with Crippen LogP contribution >= 0.6 is 0 Å². The number of amides is 1. The first kappa shape index (κ1) is 24.0. The van der Waals surface area contributed by atoms with Crippen LogP contribution in [0.5, 0.6) is 5.75 Å². The molecule has 2 aromatic heterocycles. The van der Waals surface area contributed by atoms with Crippen molar-refractivity contribution in [2.24, 2.45) is 0 Å². The van der Waals surface area contributed by atoms with Crippen molar-refractivity contribution in [2.45, 2.75) is 26.4 Å². The zero-order chi connectivity index (χ0) is 25.1. The second-order valence-electron chi connectivity index (χ2n) is 8.73. The summed E-state index contributed by atoms with van der Waals surface area (Å²) in [5.41, 5.74) is 4.44. The molecule has 4 aromatic rings. The molecule has 4 rings (SSSR count). The monoisotopic (exact) mass is 474 g/mol. The molecule has 0 aliphatic carbocycles. The second-order valence-corrected chi connectivity index (χ2v) is 8.73. The number of ether oxygens (including phenoxy) is 1. The third-order valence-corrected chi connectivity index (χ3v) is 5.97. The van der Waals surface area contributed by atoms with Gasteiger partial charge in [-0.1, -0.05) is 36.4 Å². The van der Waals surface area contributed by atoms with E-state index in [4.69, 9.17) is 9.84 Å². The maximum atomic E-state index is 11.3. The average molecular weight is 475 g/mol. The van der Waals surface area contributed by atoms with Crippen molar-refractivity contribution in [2.75, 3.05) is 32.6 Å². The number of nitrogens with zero attached hydrogens (tertiary/aromatic N) is 6. The summed E-state index contributed by atoms with van der Waals surface area (Å²) in [6.07, 6.45) is -0.747. The Morgan fingerprint density at radius 3 is 2.49 bits per heavy atom. The minimum absolute atomic E-state index is 0.304. The fourth-order valence-electron chi connectivity index (χ4n) is 4.08. The van der Waals surface area contributed by atoms with E-state index < -0.39 is 6.09 Å². The highest BCUT2D eigenvalue weighted by molar-refractivity contribution is 5.92. The van der Waals surface area contributed by atoms with E-state index in [-0.39, 0.29) is 6.10 Å². The lowest BCUT2D eigenvalue weighted by Crippen LogP contribution is -2.27. The fraction of sp³-hybridized carbons (Fsp3) is 0.308. The average Bonchev–Trinajstić information content (AvgIpc) is 3.20. The number of rotatable bonds is 8. The minimum atomic E-state index is -0.962. The summed E-state index contributed by atoms with van der Waals surface area (Å²) in [6.45, 7) is 4.31. The highest BCUT2D eigenvalue weighted by Gasteiger charge is 2.19. The molecule has 0 aliphatic heterocycles. The van der Waals surface area contributed by atoms with Crippen LogP contribution in [-0.2, 0) is 0 Å². The first-order valence-electron chi connectivity index (χ1n) is 11.4. The van der Waals surface area contributed by atoms with Crippen molar-refractivity contribution >= 4 is 22.8 Å². The normalized spacial score (nSPS) is 11.9. The lowest BCUT2D eigenvalue weighted by atomic mass is 10.1. The fourth-order valence-corrected chi connectivity index (χ4v) is 4.08. The van der Waals surface area contributed by atoms with Gasteiger partial charge in [0.15, 0.2) is 5.82 Å². The van der Waals surface area contributed by atoms with Crippen LogP contribution in [0.4, 0.5) is 10.6 Å². The van der Waals surface area contributed by atoms with E-state index in [1.165, 1.54) is 4.90 Å². The summed E-state index contributed by atoms with van der Waals surface area (Å²) in [7, 11) is 5.41. The van der Waals surface area contributed by atoms with Crippen LogP contribution < -0.4 is 9.64 Å². The van der Waals surface area contributed by atoms with Gasteiger partial charge in [0, 0.05) is 40.2 Å². The summed E-state index contributed by atoms with van der Waals surface area (Å²) in [4.78, 5) is 14.4. The Balaban J connectivity index is 1.68. The summed E-state index contributed by atoms with van der Waals surface area (Å²) < 4.78 is 8.28. The number of aromatic nitrogens is 4. The molecule has 35 heavy (non-hydrogen) atoms. The number of aryl methyl sites for hydroxylation is 2. The molecule has 0 saturated carbocycles. The number of carbonyl (C=O) groups is 1. The van der Waals surface area contributed by atoms with Gasteiger partial charge in [0.1, 0.15) is 17.4 Å². The summed E-state index contributed by atoms with van der Waals surface area (Å²) in [5, 5.41) is 23.7. The Bertz CT molecular complexity index is 1340. The molecular formula is C26H30N6O3. The van der Waals surface area contributed by atoms with Gasteiger partial charge in [-0.25, -0.2) is 9.48 Å². The lowest BCUT2D eigenvalue weighted by Gasteiger charge is -2.22. The number of carboxylic acid groups (broad SMARTS) is 1. The van der Waals surface area contributed by atoms with Crippen LogP contribution in [0.15, 0.2) is 54.6 Å². The number of benzene rings is 2. The molecule has 9 heteroatoms. The Morgan fingerprint density at radius 1 is 1.06 bits per heavy atom. The first-order chi connectivity index (χ1) is 16.8. The Labute approximate surface area is 204 Å². The molecule has 1 atom stereocenters. The van der Waals surface area contributed by atoms with E-state index in [0.717, 1.165) is 33.5 Å². The minimum Gasteiger partial charge on any atom is -0.486 e. The molecular weight excluding hydrogens is 444 g/mol. The van der Waals surface area contributed by atoms with Gasteiger partial charge in [-0.15, -0.1) is 5.10 Å². The SMILES string of the molecule is Cc1nnc(N(C)C)c2nn(-c3cccc(OC(CCN(C)C(=O)O)c4ccccc4)c3)c(C)c12. The Hall–Kier alpha value is -4.14. The summed E-state index contributed by atoms with van der Waals surface area (Å²) >= 11 is 0. The van der Waals surface area contributed by atoms with Gasteiger partial charge in [-0.2, -0.15) is 10.2 Å². The third kappa shape index (κ3) is 5.03. The Morgan fingerprint density at radius 2 is 1.80 bits per heavy atom. The molecule has 0 fully saturated rings. The number of hydrogen-bond acceptors (Lipinski definition) is 6. The number of hydrogen-bond donors (Lipinski definition) is 1. The molecule has 9 nitrogen and oxygen atoms in total. The van der Waals surface area contributed by atoms with Crippen molar-refractivity contribution in [1.29, 1.82) is 0 Å². The van der Waals surface area contributed by atoms with Crippen LogP contribution in [0.1, 0.15) is 29.5 Å². The summed E-state index contributed by atoms with van der Waals surface area (Å²) in [5.74, 6) is 1.39. The molecule has 2 aromatic carbocycles. The summed E-state index contributed by atoms with van der Waals surface area (Å²) in [6, 6.07) is 17.6. The molecule has 1 amide bonds. The lowest BCUT2D eigenvalue weighted by molar-refractivity contribution is 0.140. The molecule has 0 saturated heterocycles. The zero-order valence-electron chi connectivity index (χ0n) is 20.6. The van der Waals surface area contributed by atoms with Gasteiger partial charge < -0.3 is 19.6 Å². The quantitative estimate of drug-likeness (QED) is 0.398. The van der Waals surface area contributed by atoms with Gasteiger partial charge in [-0.05, 0) is 31.5 Å². The van der Waals surface area contributed by atoms with E-state index in [1.807, 2.05) is 92.1 Å². The predicted octanol–water partition coefficient (Wildman–Crippen LogP) is 4.62. The smallest absolute Gasteiger partial charge is 0.407 e. The molecule has 0 radical (unpaired) electrons. The molecule has 182 valence electrons. The van der Waals surface area contributed by atoms with E-state index in [9.17, 15) is 9.90 Å². The largest absolute Gasteiger partial charge is 0.486 e. The van der Waals surface area contributed by atoms with Crippen LogP contribution in [0.25, 0.3) is 16.6 Å². The van der Waals surface area contributed by atoms with Crippen molar-refractivity contribution in [3.8, 4) is 11.4 Å². The van der Waals surface area contributed by atoms with Crippen molar-refractivity contribution in [3.63, 3.8) is 0 Å². The Kier molecular flexibility index (Phi) is 6.86. The van der Waals surface area contributed by atoms with Crippen LogP contribution in [0, 0.1) is 13.8 Å². The zero-order valence-corrected chi connectivity index (χ0v) is 20.6. The van der Waals surface area contributed by atoms with Gasteiger partial charge in [0.25, 0.3) is 0 Å². The molecule has 1 unspecified atom stereocenters. The highest BCUT2D eigenvalue weighted by atomic mass is 16.5. The van der Waals surface area contributed by atoms with Crippen molar-refractivity contribution in [1.82, 2.24) is 24.9 Å². The highest BCUT2D eigenvalue weighted by Crippen LogP contribution is 2.31. The van der Waals surface area contributed by atoms with Crippen molar-refractivity contribution < 1.29 is 14.6 Å². The van der Waals surface area contributed by atoms with Gasteiger partial charge in [0.2, 0.25) is 0 Å². The second kappa shape index (κ2) is 10.0. The maximum Gasteiger partial charge on any atom is 0.407 e.